The van der Waals surface area contributed by atoms with Crippen LogP contribution in [0.25, 0.3) is 0 Å². The van der Waals surface area contributed by atoms with E-state index in [1.807, 2.05) is 35.0 Å². The number of ether oxygens (including phenoxy) is 1. The molecule has 0 saturated carbocycles. The molecule has 2 heterocycles. The van der Waals surface area contributed by atoms with Gasteiger partial charge in [0.2, 0.25) is 0 Å². The molecule has 1 aliphatic rings. The lowest BCUT2D eigenvalue weighted by Gasteiger charge is -2.35. The molecule has 1 aromatic carbocycles. The number of aromatic nitrogens is 2. The summed E-state index contributed by atoms with van der Waals surface area (Å²) in [5.41, 5.74) is 1.65. The zero-order valence-corrected chi connectivity index (χ0v) is 16.9. The first kappa shape index (κ1) is 19.6. The van der Waals surface area contributed by atoms with E-state index in [9.17, 15) is 4.79 Å². The third-order valence-electron chi connectivity index (χ3n) is 4.64. The number of carbonyl (C=O) groups excluding carboxylic acids is 1. The van der Waals surface area contributed by atoms with Crippen LogP contribution in [-0.4, -0.2) is 45.9 Å². The first-order valence-electron chi connectivity index (χ1n) is 9.55. The highest BCUT2D eigenvalue weighted by Crippen LogP contribution is 2.20. The molecule has 0 spiro atoms. The maximum Gasteiger partial charge on any atom is 0.256 e. The van der Waals surface area contributed by atoms with Crippen molar-refractivity contribution in [2.45, 2.75) is 58.9 Å². The Balaban J connectivity index is 1.63. The molecule has 1 aliphatic heterocycles. The molecule has 6 nitrogen and oxygen atoms in total. The Morgan fingerprint density at radius 2 is 1.78 bits per heavy atom. The summed E-state index contributed by atoms with van der Waals surface area (Å²) in [5, 5.41) is 7.27. The predicted molar refractivity (Wildman–Crippen MR) is 107 cm³/mol. The fraction of sp³-hybridized carbons (Fsp3) is 0.524. The molecule has 1 fully saturated rings. The maximum absolute atomic E-state index is 12.6. The minimum atomic E-state index is -0.192. The van der Waals surface area contributed by atoms with E-state index < -0.39 is 0 Å². The van der Waals surface area contributed by atoms with E-state index in [-0.39, 0.29) is 23.7 Å². The van der Waals surface area contributed by atoms with Crippen LogP contribution in [0.5, 0.6) is 0 Å². The Morgan fingerprint density at radius 1 is 1.15 bits per heavy atom. The lowest BCUT2D eigenvalue weighted by molar-refractivity contribution is -0.0704. The van der Waals surface area contributed by atoms with Crippen LogP contribution in [0.2, 0.25) is 0 Å². The molecular formula is C21H30N4O2. The monoisotopic (exact) mass is 370 g/mol. The summed E-state index contributed by atoms with van der Waals surface area (Å²) in [6.07, 6.45) is 2.21. The highest BCUT2D eigenvalue weighted by Gasteiger charge is 2.22. The first-order chi connectivity index (χ1) is 12.7. The Bertz CT molecular complexity index is 766. The fourth-order valence-electron chi connectivity index (χ4n) is 3.55. The van der Waals surface area contributed by atoms with Crippen LogP contribution in [0, 0.1) is 0 Å². The minimum Gasteiger partial charge on any atom is -0.373 e. The maximum atomic E-state index is 12.6. The third-order valence-corrected chi connectivity index (χ3v) is 4.64. The van der Waals surface area contributed by atoms with Gasteiger partial charge in [0, 0.05) is 31.3 Å². The summed E-state index contributed by atoms with van der Waals surface area (Å²) in [4.78, 5) is 15.0. The van der Waals surface area contributed by atoms with Gasteiger partial charge in [0.05, 0.1) is 23.9 Å². The van der Waals surface area contributed by atoms with Crippen molar-refractivity contribution in [1.82, 2.24) is 14.7 Å². The molecular weight excluding hydrogens is 340 g/mol. The lowest BCUT2D eigenvalue weighted by Crippen LogP contribution is -2.44. The molecule has 27 heavy (non-hydrogen) atoms. The SMILES string of the molecule is CC1CN(Cc2ccc(C(=O)Nc3ccnn3C(C)(C)C)cc2)CC(C)O1. The molecule has 1 aromatic heterocycles. The molecule has 146 valence electrons. The number of carbonyl (C=O) groups is 1. The number of nitrogens with one attached hydrogen (secondary N) is 1. The highest BCUT2D eigenvalue weighted by molar-refractivity contribution is 6.03. The highest BCUT2D eigenvalue weighted by atomic mass is 16.5. The van der Waals surface area contributed by atoms with Crippen LogP contribution in [0.4, 0.5) is 5.82 Å². The molecule has 0 aliphatic carbocycles. The van der Waals surface area contributed by atoms with E-state index in [0.717, 1.165) is 19.6 Å². The Labute approximate surface area is 161 Å². The molecule has 1 saturated heterocycles. The number of rotatable bonds is 4. The topological polar surface area (TPSA) is 59.4 Å². The summed E-state index contributed by atoms with van der Waals surface area (Å²) in [6, 6.07) is 9.64. The van der Waals surface area contributed by atoms with Gasteiger partial charge in [-0.1, -0.05) is 12.1 Å². The van der Waals surface area contributed by atoms with Gasteiger partial charge in [0.15, 0.2) is 0 Å². The predicted octanol–water partition coefficient (Wildman–Crippen LogP) is 3.50. The van der Waals surface area contributed by atoms with Crippen molar-refractivity contribution in [1.29, 1.82) is 0 Å². The van der Waals surface area contributed by atoms with Gasteiger partial charge in [-0.3, -0.25) is 9.69 Å². The second-order valence-corrected chi connectivity index (χ2v) is 8.40. The van der Waals surface area contributed by atoms with Crippen molar-refractivity contribution in [2.75, 3.05) is 18.4 Å². The largest absolute Gasteiger partial charge is 0.373 e. The summed E-state index contributed by atoms with van der Waals surface area (Å²) in [5.74, 6) is 0.578. The number of morpholine rings is 1. The van der Waals surface area contributed by atoms with Crippen molar-refractivity contribution >= 4 is 11.7 Å². The zero-order valence-electron chi connectivity index (χ0n) is 16.9. The summed E-state index contributed by atoms with van der Waals surface area (Å²) >= 11 is 0. The Kier molecular flexibility index (Phi) is 5.67. The quantitative estimate of drug-likeness (QED) is 0.895. The van der Waals surface area contributed by atoms with E-state index in [1.165, 1.54) is 5.56 Å². The second kappa shape index (κ2) is 7.82. The van der Waals surface area contributed by atoms with Crippen LogP contribution in [0.15, 0.2) is 36.5 Å². The number of anilines is 1. The number of amides is 1. The molecule has 2 aromatic rings. The van der Waals surface area contributed by atoms with Gasteiger partial charge in [-0.05, 0) is 52.3 Å². The molecule has 1 N–H and O–H groups in total. The van der Waals surface area contributed by atoms with Crippen LogP contribution in [0.1, 0.15) is 50.5 Å². The number of benzene rings is 1. The smallest absolute Gasteiger partial charge is 0.256 e. The fourth-order valence-corrected chi connectivity index (χ4v) is 3.55. The van der Waals surface area contributed by atoms with Crippen molar-refractivity contribution in [3.8, 4) is 0 Å². The number of hydrogen-bond acceptors (Lipinski definition) is 4. The number of nitrogens with zero attached hydrogens (tertiary/aromatic N) is 3. The van der Waals surface area contributed by atoms with E-state index in [2.05, 4.69) is 49.9 Å². The van der Waals surface area contributed by atoms with E-state index in [1.54, 1.807) is 6.20 Å². The van der Waals surface area contributed by atoms with Crippen LogP contribution in [-0.2, 0) is 16.8 Å². The normalized spacial score (nSPS) is 21.2. The van der Waals surface area contributed by atoms with Crippen molar-refractivity contribution in [3.63, 3.8) is 0 Å². The van der Waals surface area contributed by atoms with Crippen LogP contribution >= 0.6 is 0 Å². The Morgan fingerprint density at radius 3 is 2.37 bits per heavy atom. The number of hydrogen-bond donors (Lipinski definition) is 1. The van der Waals surface area contributed by atoms with Gasteiger partial charge >= 0.3 is 0 Å². The van der Waals surface area contributed by atoms with E-state index in [4.69, 9.17) is 4.74 Å². The van der Waals surface area contributed by atoms with E-state index >= 15 is 0 Å². The molecule has 2 atom stereocenters. The van der Waals surface area contributed by atoms with Gasteiger partial charge in [0.25, 0.3) is 5.91 Å². The van der Waals surface area contributed by atoms with Gasteiger partial charge in [-0.15, -0.1) is 0 Å². The molecule has 3 rings (SSSR count). The van der Waals surface area contributed by atoms with Crippen LogP contribution in [0.3, 0.4) is 0 Å². The Hall–Kier alpha value is -2.18. The molecule has 1 amide bonds. The van der Waals surface area contributed by atoms with Crippen molar-refractivity contribution < 1.29 is 9.53 Å². The van der Waals surface area contributed by atoms with Gasteiger partial charge < -0.3 is 10.1 Å². The standard InChI is InChI=1S/C21H30N4O2/c1-15-12-24(13-16(2)27-15)14-17-6-8-18(9-7-17)20(26)23-19-10-11-22-25(19)21(3,4)5/h6-11,15-16H,12-14H2,1-5H3,(H,23,26). The average Bonchev–Trinajstić information content (AvgIpc) is 3.03. The van der Waals surface area contributed by atoms with Gasteiger partial charge in [-0.2, -0.15) is 5.10 Å². The summed E-state index contributed by atoms with van der Waals surface area (Å²) in [7, 11) is 0. The molecule has 0 radical (unpaired) electrons. The minimum absolute atomic E-state index is 0.124. The zero-order chi connectivity index (χ0) is 19.6. The second-order valence-electron chi connectivity index (χ2n) is 8.40. The third kappa shape index (κ3) is 4.96. The van der Waals surface area contributed by atoms with Gasteiger partial charge in [0.1, 0.15) is 5.82 Å². The lowest BCUT2D eigenvalue weighted by atomic mass is 10.1. The summed E-state index contributed by atoms with van der Waals surface area (Å²) < 4.78 is 7.61. The summed E-state index contributed by atoms with van der Waals surface area (Å²) in [6.45, 7) is 13.1. The van der Waals surface area contributed by atoms with Crippen molar-refractivity contribution in [3.05, 3.63) is 47.7 Å². The van der Waals surface area contributed by atoms with Crippen molar-refractivity contribution in [2.24, 2.45) is 0 Å². The average molecular weight is 370 g/mol. The van der Waals surface area contributed by atoms with E-state index in [0.29, 0.717) is 11.4 Å². The molecule has 6 heteroatoms. The van der Waals surface area contributed by atoms with Gasteiger partial charge in [-0.25, -0.2) is 4.68 Å². The first-order valence-corrected chi connectivity index (χ1v) is 9.55. The molecule has 2 unspecified atom stereocenters. The van der Waals surface area contributed by atoms with Crippen LogP contribution < -0.4 is 5.32 Å². The molecule has 0 bridgehead atoms.